The van der Waals surface area contributed by atoms with Crippen molar-refractivity contribution in [2.75, 3.05) is 26.4 Å². The summed E-state index contributed by atoms with van der Waals surface area (Å²) in [6.45, 7) is 2.34. The summed E-state index contributed by atoms with van der Waals surface area (Å²) < 4.78 is 29.4. The first kappa shape index (κ1) is 79.7. The third kappa shape index (κ3) is 29.2. The average molecular weight is 1260 g/mol. The highest BCUT2D eigenvalue weighted by Crippen LogP contribution is 2.42. The summed E-state index contributed by atoms with van der Waals surface area (Å²) in [7, 11) is 0. The number of aliphatic carboxylic acids is 1. The zero-order chi connectivity index (χ0) is 64.7. The van der Waals surface area contributed by atoms with Gasteiger partial charge in [-0.15, -0.1) is 0 Å². The molecule has 88 heavy (non-hydrogen) atoms. The van der Waals surface area contributed by atoms with Gasteiger partial charge in [0.25, 0.3) is 0 Å². The molecule has 1 aliphatic carbocycles. The third-order valence-electron chi connectivity index (χ3n) is 18.1. The molecule has 516 valence electrons. The van der Waals surface area contributed by atoms with E-state index in [1.54, 1.807) is 6.08 Å². The van der Waals surface area contributed by atoms with Crippen LogP contribution in [-0.4, -0.2) is 209 Å². The summed E-state index contributed by atoms with van der Waals surface area (Å²) in [5.74, 6) is -4.24. The van der Waals surface area contributed by atoms with E-state index in [-0.39, 0.29) is 12.3 Å². The quantitative estimate of drug-likeness (QED) is 0.0239. The summed E-state index contributed by atoms with van der Waals surface area (Å²) >= 11 is 0. The van der Waals surface area contributed by atoms with E-state index in [2.05, 4.69) is 24.5 Å². The number of ether oxygens (including phenoxy) is 5. The number of nitrogens with one attached hydrogen (secondary N) is 2. The Bertz CT molecular complexity index is 1840. The van der Waals surface area contributed by atoms with Crippen LogP contribution in [0.1, 0.15) is 252 Å². The highest BCUT2D eigenvalue weighted by Gasteiger charge is 2.59. The van der Waals surface area contributed by atoms with Gasteiger partial charge in [-0.05, 0) is 25.7 Å². The van der Waals surface area contributed by atoms with Crippen molar-refractivity contribution in [2.45, 2.75) is 355 Å². The van der Waals surface area contributed by atoms with Crippen molar-refractivity contribution in [3.05, 3.63) is 12.2 Å². The van der Waals surface area contributed by atoms with Crippen LogP contribution in [0.15, 0.2) is 12.2 Å². The number of unbranched alkanes of at least 4 members (excludes halogenated alkanes) is 31. The lowest BCUT2D eigenvalue weighted by atomic mass is 9.70. The van der Waals surface area contributed by atoms with E-state index in [0.717, 1.165) is 51.9 Å². The average Bonchev–Trinajstić information content (AvgIpc) is 0.808. The number of carboxylic acids is 1. The highest BCUT2D eigenvalue weighted by atomic mass is 16.7. The topological polar surface area (TPSA) is 364 Å². The van der Waals surface area contributed by atoms with Crippen molar-refractivity contribution in [2.24, 2.45) is 5.92 Å². The molecule has 0 spiro atoms. The van der Waals surface area contributed by atoms with Crippen molar-refractivity contribution in [3.63, 3.8) is 0 Å². The Morgan fingerprint density at radius 3 is 1.50 bits per heavy atom. The van der Waals surface area contributed by atoms with E-state index in [1.807, 2.05) is 6.08 Å². The Morgan fingerprint density at radius 1 is 0.580 bits per heavy atom. The van der Waals surface area contributed by atoms with Crippen LogP contribution in [0.3, 0.4) is 0 Å². The van der Waals surface area contributed by atoms with Crippen LogP contribution in [0, 0.1) is 5.92 Å². The molecule has 3 rings (SSSR count). The normalized spacial score (nSPS) is 29.0. The molecule has 1 saturated carbocycles. The minimum atomic E-state index is -2.58. The Balaban J connectivity index is 1.59. The molecule has 2 unspecified atom stereocenters. The van der Waals surface area contributed by atoms with Crippen LogP contribution in [-0.2, 0) is 38.1 Å². The Kier molecular flexibility index (Phi) is 42.2. The van der Waals surface area contributed by atoms with E-state index in [0.29, 0.717) is 12.8 Å². The molecule has 0 aromatic rings. The number of aliphatic hydroxyl groups excluding tert-OH is 11. The predicted molar refractivity (Wildman–Crippen MR) is 332 cm³/mol. The molecule has 14 N–H and O–H groups in total. The van der Waals surface area contributed by atoms with Crippen LogP contribution in [0.4, 0.5) is 0 Å². The summed E-state index contributed by atoms with van der Waals surface area (Å²) in [4.78, 5) is 38.7. The van der Waals surface area contributed by atoms with Gasteiger partial charge in [0.1, 0.15) is 54.9 Å². The number of carbonyl (C=O) groups is 3. The highest BCUT2D eigenvalue weighted by molar-refractivity contribution is 5.78. The molecule has 2 heterocycles. The van der Waals surface area contributed by atoms with Crippen molar-refractivity contribution in [1.29, 1.82) is 0 Å². The minimum Gasteiger partial charge on any atom is -0.479 e. The molecule has 0 aromatic carbocycles. The van der Waals surface area contributed by atoms with Crippen molar-refractivity contribution in [3.8, 4) is 0 Å². The molecule has 0 radical (unpaired) electrons. The summed E-state index contributed by atoms with van der Waals surface area (Å²) in [5, 5.41) is 137. The summed E-state index contributed by atoms with van der Waals surface area (Å²) in [6, 6.07) is -2.38. The Morgan fingerprint density at radius 2 is 1.05 bits per heavy atom. The molecule has 2 amide bonds. The summed E-state index contributed by atoms with van der Waals surface area (Å²) in [6.07, 6.45) is 16.6. The lowest BCUT2D eigenvalue weighted by Crippen LogP contribution is -2.68. The molecule has 0 bridgehead atoms. The number of aliphatic hydroxyl groups is 11. The van der Waals surface area contributed by atoms with Gasteiger partial charge < -0.3 is 95.6 Å². The van der Waals surface area contributed by atoms with E-state index in [9.17, 15) is 75.7 Å². The van der Waals surface area contributed by atoms with Gasteiger partial charge in [0.05, 0.1) is 56.8 Å². The van der Waals surface area contributed by atoms with Crippen LogP contribution in [0.25, 0.3) is 0 Å². The maximum Gasteiger partial charge on any atom is 0.336 e. The predicted octanol–water partition coefficient (Wildman–Crippen LogP) is 6.17. The molecule has 3 fully saturated rings. The fourth-order valence-electron chi connectivity index (χ4n) is 12.6. The van der Waals surface area contributed by atoms with Crippen molar-refractivity contribution >= 4 is 17.8 Å². The second-order valence-corrected chi connectivity index (χ2v) is 25.6. The van der Waals surface area contributed by atoms with Crippen LogP contribution < -0.4 is 10.6 Å². The number of carbonyl (C=O) groups excluding carboxylic acids is 2. The van der Waals surface area contributed by atoms with Gasteiger partial charge in [-0.3, -0.25) is 9.59 Å². The zero-order valence-corrected chi connectivity index (χ0v) is 53.9. The molecule has 2 saturated heterocycles. The van der Waals surface area contributed by atoms with Crippen molar-refractivity contribution < 1.29 is 99.3 Å². The number of allylic oxidation sites excluding steroid dienone is 1. The molecule has 22 heteroatoms. The third-order valence-corrected chi connectivity index (χ3v) is 18.1. The molecule has 18 atom stereocenters. The van der Waals surface area contributed by atoms with E-state index < -0.39 is 161 Å². The van der Waals surface area contributed by atoms with Crippen LogP contribution in [0.2, 0.25) is 0 Å². The van der Waals surface area contributed by atoms with Gasteiger partial charge in [0.2, 0.25) is 11.8 Å². The van der Waals surface area contributed by atoms with Crippen LogP contribution in [0.5, 0.6) is 0 Å². The molecule has 0 aromatic heterocycles. The standard InChI is InChI=1S/C66H122N2O20/c1-4-6-8-10-12-14-16-18-19-20-21-22-23-24-25-27-29-31-33-35-37-39-54(76)68-48(49(73)38-36-34-32-30-28-26-17-15-13-11-9-7-5-2)45-84-63-59(80)58(79)61(53(44-71)86-63)87-64-60(81)62(57(78)52(43-70)85-64)88-66(65(82)83)40-47(56(77)51(75)42-69)55(50(74)41-66)67-46(3)72/h36,38,47-53,55-64,69-71,73-75,77-81H,4-35,37,39-45H2,1-3H3,(H,67,72)(H,68,76)(H,82,83)/b38-36+/t47-,48+,49-,50+,51-,52-,53-,55?,56+,57+,58-,59-,60-,61?,62+,63-,64+,66-/m1/s1. The van der Waals surface area contributed by atoms with Gasteiger partial charge in [-0.1, -0.05) is 219 Å². The van der Waals surface area contributed by atoms with E-state index in [4.69, 9.17) is 23.7 Å². The first-order chi connectivity index (χ1) is 42.4. The van der Waals surface area contributed by atoms with Crippen molar-refractivity contribution in [1.82, 2.24) is 10.6 Å². The van der Waals surface area contributed by atoms with Gasteiger partial charge in [-0.25, -0.2) is 4.79 Å². The SMILES string of the molecule is CCCCCCCCCCCCC/C=C/[C@@H](O)[C@H](CO[C@@H]1O[C@H](CO)C(O[C@@H]2O[C@H](CO)[C@H](O)[C@H](O[C@]3(C(=O)O)C[C@@H]([C@H](O)[C@H](O)CO)C(NC(C)=O)[C@@H](O)C3)[C@H]2O)[C@H](O)[C@H]1O)NC(=O)CCCCCCCCCCCCCCCCCCCCCCC. The van der Waals surface area contributed by atoms with Gasteiger partial charge in [0, 0.05) is 25.7 Å². The first-order valence-corrected chi connectivity index (χ1v) is 34.4. The summed E-state index contributed by atoms with van der Waals surface area (Å²) in [5.41, 5.74) is -2.58. The number of rotatable bonds is 51. The fourth-order valence-corrected chi connectivity index (χ4v) is 12.6. The Labute approximate surface area is 525 Å². The first-order valence-electron chi connectivity index (χ1n) is 34.4. The maximum atomic E-state index is 13.4. The Hall–Kier alpha value is -2.49. The minimum absolute atomic E-state index is 0.212. The van der Waals surface area contributed by atoms with Gasteiger partial charge in [0.15, 0.2) is 18.2 Å². The monoisotopic (exact) mass is 1260 g/mol. The molecular weight excluding hydrogens is 1140 g/mol. The lowest BCUT2D eigenvalue weighted by Gasteiger charge is -2.51. The molecule has 3 aliphatic rings. The molecule has 22 nitrogen and oxygen atoms in total. The van der Waals surface area contributed by atoms with E-state index in [1.165, 1.54) is 154 Å². The second kappa shape index (κ2) is 46.6. The van der Waals surface area contributed by atoms with Crippen LogP contribution >= 0.6 is 0 Å². The maximum absolute atomic E-state index is 13.4. The molecule has 2 aliphatic heterocycles. The lowest BCUT2D eigenvalue weighted by molar-refractivity contribution is -0.367. The van der Waals surface area contributed by atoms with E-state index >= 15 is 0 Å². The van der Waals surface area contributed by atoms with Gasteiger partial charge >= 0.3 is 5.97 Å². The number of hydrogen-bond donors (Lipinski definition) is 14. The number of hydrogen-bond acceptors (Lipinski definition) is 19. The number of carboxylic acid groups (broad SMARTS) is 1. The zero-order valence-electron chi connectivity index (χ0n) is 53.9. The van der Waals surface area contributed by atoms with Gasteiger partial charge in [-0.2, -0.15) is 0 Å². The molecular formula is C66H122N2O20. The second-order valence-electron chi connectivity index (χ2n) is 25.6. The number of amides is 2. The fraction of sp³-hybridized carbons (Fsp3) is 0.924. The smallest absolute Gasteiger partial charge is 0.336 e. The largest absolute Gasteiger partial charge is 0.479 e.